The van der Waals surface area contributed by atoms with E-state index in [1.54, 1.807) is 13.2 Å². The van der Waals surface area contributed by atoms with E-state index in [4.69, 9.17) is 14.7 Å². The molecule has 9 nitrogen and oxygen atoms in total. The van der Waals surface area contributed by atoms with Gasteiger partial charge in [0.15, 0.2) is 5.82 Å². The van der Waals surface area contributed by atoms with Crippen molar-refractivity contribution in [3.8, 4) is 17.7 Å². The molecule has 0 aliphatic carbocycles. The molecule has 2 aromatic heterocycles. The van der Waals surface area contributed by atoms with Gasteiger partial charge in [-0.2, -0.15) is 5.26 Å². The first-order valence-corrected chi connectivity index (χ1v) is 10.5. The highest BCUT2D eigenvalue weighted by atomic mass is 16.5. The van der Waals surface area contributed by atoms with Crippen LogP contribution >= 0.6 is 0 Å². The van der Waals surface area contributed by atoms with Crippen LogP contribution in [0.5, 0.6) is 11.6 Å². The van der Waals surface area contributed by atoms with E-state index in [-0.39, 0.29) is 0 Å². The van der Waals surface area contributed by atoms with Gasteiger partial charge >= 0.3 is 0 Å². The highest BCUT2D eigenvalue weighted by molar-refractivity contribution is 5.42. The molecule has 1 N–H and O–H groups in total. The number of rotatable bonds is 6. The van der Waals surface area contributed by atoms with Gasteiger partial charge in [0.05, 0.1) is 19.9 Å². The van der Waals surface area contributed by atoms with E-state index in [0.29, 0.717) is 34.8 Å². The third-order valence-corrected chi connectivity index (χ3v) is 6.51. The van der Waals surface area contributed by atoms with E-state index < -0.39 is 6.10 Å². The predicted molar refractivity (Wildman–Crippen MR) is 114 cm³/mol. The number of β-amino-alcohol motifs (C(OH)–C–C–N with tert-alkyl or cyclic N) is 1. The van der Waals surface area contributed by atoms with Gasteiger partial charge in [0, 0.05) is 38.0 Å². The summed E-state index contributed by atoms with van der Waals surface area (Å²) in [7, 11) is 3.10. The standard InChI is InChI=1S/C22H28N6O3/c1-30-19-11-17(24-13-16(19)12-23)18(29)14-27-8-5-22(6-9-27)7-10-28(15-22)20-3-4-21(31-2)26-25-20/h3-4,11,13,18,29H,5-10,14-15H2,1-2H3/t18-/m0/s1. The van der Waals surface area contributed by atoms with Gasteiger partial charge in [-0.1, -0.05) is 0 Å². The summed E-state index contributed by atoms with van der Waals surface area (Å²) in [5.74, 6) is 1.87. The predicted octanol–water partition coefficient (Wildman–Crippen LogP) is 1.79. The van der Waals surface area contributed by atoms with Crippen LogP contribution < -0.4 is 14.4 Å². The molecule has 164 valence electrons. The van der Waals surface area contributed by atoms with Crippen LogP contribution in [0.25, 0.3) is 0 Å². The Labute approximate surface area is 182 Å². The van der Waals surface area contributed by atoms with Gasteiger partial charge in [-0.15, -0.1) is 10.2 Å². The number of aliphatic hydroxyl groups excluding tert-OH is 1. The van der Waals surface area contributed by atoms with Crippen LogP contribution in [-0.4, -0.2) is 72.1 Å². The third-order valence-electron chi connectivity index (χ3n) is 6.51. The van der Waals surface area contributed by atoms with Crippen molar-refractivity contribution in [1.82, 2.24) is 20.1 Å². The van der Waals surface area contributed by atoms with Gasteiger partial charge in [0.1, 0.15) is 23.5 Å². The fourth-order valence-corrected chi connectivity index (χ4v) is 4.56. The van der Waals surface area contributed by atoms with Gasteiger partial charge in [-0.25, -0.2) is 0 Å². The van der Waals surface area contributed by atoms with Gasteiger partial charge in [0.2, 0.25) is 5.88 Å². The quantitative estimate of drug-likeness (QED) is 0.742. The van der Waals surface area contributed by atoms with E-state index in [2.05, 4.69) is 25.0 Å². The fourth-order valence-electron chi connectivity index (χ4n) is 4.56. The summed E-state index contributed by atoms with van der Waals surface area (Å²) < 4.78 is 10.3. The van der Waals surface area contributed by atoms with Gasteiger partial charge in [-0.05, 0) is 43.8 Å². The Morgan fingerprint density at radius 3 is 2.58 bits per heavy atom. The molecular weight excluding hydrogens is 396 g/mol. The lowest BCUT2D eigenvalue weighted by atomic mass is 9.77. The minimum absolute atomic E-state index is 0.291. The van der Waals surface area contributed by atoms with Crippen LogP contribution in [0.15, 0.2) is 24.4 Å². The van der Waals surface area contributed by atoms with Crippen molar-refractivity contribution >= 4 is 5.82 Å². The van der Waals surface area contributed by atoms with Gasteiger partial charge < -0.3 is 24.4 Å². The molecule has 0 unspecified atom stereocenters. The van der Waals surface area contributed by atoms with Crippen molar-refractivity contribution < 1.29 is 14.6 Å². The maximum absolute atomic E-state index is 10.7. The summed E-state index contributed by atoms with van der Waals surface area (Å²) in [6, 6.07) is 7.52. The molecule has 0 saturated carbocycles. The van der Waals surface area contributed by atoms with Gasteiger partial charge in [0.25, 0.3) is 0 Å². The molecule has 2 aliphatic heterocycles. The number of anilines is 1. The minimum atomic E-state index is -0.717. The normalized spacial score (nSPS) is 19.2. The summed E-state index contributed by atoms with van der Waals surface area (Å²) in [6.07, 6.45) is 4.06. The first-order valence-electron chi connectivity index (χ1n) is 10.5. The third kappa shape index (κ3) is 4.55. The summed E-state index contributed by atoms with van der Waals surface area (Å²) >= 11 is 0. The Morgan fingerprint density at radius 2 is 1.94 bits per heavy atom. The number of piperidine rings is 1. The summed E-state index contributed by atoms with van der Waals surface area (Å²) in [5.41, 5.74) is 1.19. The SMILES string of the molecule is COc1ccc(N2CCC3(CCN(C[C@H](O)c4cc(OC)c(C#N)cn4)CC3)C2)nn1. The highest BCUT2D eigenvalue weighted by Crippen LogP contribution is 2.41. The topological polar surface area (TPSA) is 108 Å². The van der Waals surface area contributed by atoms with Crippen molar-refractivity contribution in [3.63, 3.8) is 0 Å². The Morgan fingerprint density at radius 1 is 1.16 bits per heavy atom. The van der Waals surface area contributed by atoms with Crippen LogP contribution in [0.2, 0.25) is 0 Å². The van der Waals surface area contributed by atoms with E-state index >= 15 is 0 Å². The first-order chi connectivity index (χ1) is 15.1. The molecule has 2 aliphatic rings. The van der Waals surface area contributed by atoms with Crippen molar-refractivity contribution in [2.75, 3.05) is 51.8 Å². The second-order valence-electron chi connectivity index (χ2n) is 8.34. The summed E-state index contributed by atoms with van der Waals surface area (Å²) in [5, 5.41) is 28.2. The Bertz CT molecular complexity index is 937. The molecule has 4 rings (SSSR count). The van der Waals surface area contributed by atoms with Crippen molar-refractivity contribution in [3.05, 3.63) is 35.7 Å². The number of aromatic nitrogens is 3. The molecule has 1 atom stereocenters. The van der Waals surface area contributed by atoms with E-state index in [1.807, 2.05) is 18.2 Å². The number of likely N-dealkylation sites (tertiary alicyclic amines) is 1. The van der Waals surface area contributed by atoms with E-state index in [1.165, 1.54) is 13.3 Å². The zero-order chi connectivity index (χ0) is 21.8. The van der Waals surface area contributed by atoms with Crippen LogP contribution in [0.3, 0.4) is 0 Å². The number of methoxy groups -OCH3 is 2. The number of hydrogen-bond acceptors (Lipinski definition) is 9. The van der Waals surface area contributed by atoms with Crippen molar-refractivity contribution in [2.24, 2.45) is 5.41 Å². The lowest BCUT2D eigenvalue weighted by Crippen LogP contribution is -2.43. The average molecular weight is 425 g/mol. The van der Waals surface area contributed by atoms with Crippen LogP contribution in [0.1, 0.15) is 36.6 Å². The van der Waals surface area contributed by atoms with Gasteiger partial charge in [-0.3, -0.25) is 4.98 Å². The highest BCUT2D eigenvalue weighted by Gasteiger charge is 2.41. The molecule has 31 heavy (non-hydrogen) atoms. The van der Waals surface area contributed by atoms with Crippen LogP contribution in [-0.2, 0) is 0 Å². The maximum Gasteiger partial charge on any atom is 0.233 e. The molecule has 4 heterocycles. The van der Waals surface area contributed by atoms with Crippen molar-refractivity contribution in [1.29, 1.82) is 5.26 Å². The molecule has 2 aromatic rings. The Balaban J connectivity index is 1.32. The monoisotopic (exact) mass is 424 g/mol. The largest absolute Gasteiger partial charge is 0.495 e. The summed E-state index contributed by atoms with van der Waals surface area (Å²) in [4.78, 5) is 8.84. The lowest BCUT2D eigenvalue weighted by molar-refractivity contribution is 0.0632. The Hall–Kier alpha value is -2.96. The fraction of sp³-hybridized carbons (Fsp3) is 0.545. The zero-order valence-corrected chi connectivity index (χ0v) is 18.0. The first kappa shape index (κ1) is 21.3. The molecule has 2 saturated heterocycles. The number of hydrogen-bond donors (Lipinski definition) is 1. The van der Waals surface area contributed by atoms with Crippen molar-refractivity contribution in [2.45, 2.75) is 25.4 Å². The Kier molecular flexibility index (Phi) is 6.20. The molecule has 0 bridgehead atoms. The lowest BCUT2D eigenvalue weighted by Gasteiger charge is -2.39. The number of aliphatic hydroxyl groups is 1. The molecule has 0 amide bonds. The second kappa shape index (κ2) is 9.04. The second-order valence-corrected chi connectivity index (χ2v) is 8.34. The van der Waals surface area contributed by atoms with Crippen LogP contribution in [0.4, 0.5) is 5.82 Å². The minimum Gasteiger partial charge on any atom is -0.495 e. The molecule has 9 heteroatoms. The maximum atomic E-state index is 10.7. The average Bonchev–Trinajstić information content (AvgIpc) is 3.23. The molecule has 1 spiro atoms. The number of nitriles is 1. The number of nitrogens with zero attached hydrogens (tertiary/aromatic N) is 6. The van der Waals surface area contributed by atoms with E-state index in [9.17, 15) is 5.11 Å². The molecular formula is C22H28N6O3. The molecule has 0 aromatic carbocycles. The zero-order valence-electron chi connectivity index (χ0n) is 18.0. The molecule has 2 fully saturated rings. The van der Waals surface area contributed by atoms with E-state index in [0.717, 1.165) is 51.3 Å². The summed E-state index contributed by atoms with van der Waals surface area (Å²) in [6.45, 7) is 4.36. The number of pyridine rings is 1. The van der Waals surface area contributed by atoms with Crippen LogP contribution in [0, 0.1) is 16.7 Å². The molecule has 0 radical (unpaired) electrons. The smallest absolute Gasteiger partial charge is 0.233 e. The number of ether oxygens (including phenoxy) is 2.